The largest absolute Gasteiger partial charge is 0.464 e. The summed E-state index contributed by atoms with van der Waals surface area (Å²) in [4.78, 5) is 2.23. The number of nitrogens with two attached hydrogens (primary N) is 1. The standard InChI is InChI=1S/C14H17FN2O/c1-17-8-9(7-16)4-13(17)12-6-11(15)5-10-2-3-18-14(10)12/h2-3,5-6,9,13H,4,7-8,16H2,1H3. The van der Waals surface area contributed by atoms with E-state index < -0.39 is 0 Å². The lowest BCUT2D eigenvalue weighted by molar-refractivity contribution is 0.312. The Balaban J connectivity index is 2.06. The SMILES string of the molecule is CN1CC(CN)CC1c1cc(F)cc2ccoc12. The van der Waals surface area contributed by atoms with Gasteiger partial charge in [0.1, 0.15) is 11.4 Å². The van der Waals surface area contributed by atoms with Gasteiger partial charge in [-0.05, 0) is 44.1 Å². The minimum absolute atomic E-state index is 0.197. The van der Waals surface area contributed by atoms with E-state index in [0.29, 0.717) is 12.5 Å². The fourth-order valence-corrected chi connectivity index (χ4v) is 2.96. The zero-order valence-corrected chi connectivity index (χ0v) is 10.4. The Labute approximate surface area is 105 Å². The third kappa shape index (κ3) is 1.82. The molecular weight excluding hydrogens is 231 g/mol. The second-order valence-electron chi connectivity index (χ2n) is 5.13. The van der Waals surface area contributed by atoms with Crippen LogP contribution >= 0.6 is 0 Å². The molecule has 2 aromatic rings. The van der Waals surface area contributed by atoms with Gasteiger partial charge in [-0.1, -0.05) is 0 Å². The highest BCUT2D eigenvalue weighted by Crippen LogP contribution is 2.37. The molecule has 2 atom stereocenters. The van der Waals surface area contributed by atoms with Crippen molar-refractivity contribution in [2.24, 2.45) is 11.7 Å². The predicted octanol–water partition coefficient (Wildman–Crippen LogP) is 2.52. The molecule has 4 heteroatoms. The maximum atomic E-state index is 13.6. The maximum absolute atomic E-state index is 13.6. The minimum atomic E-state index is -0.205. The lowest BCUT2D eigenvalue weighted by atomic mass is 9.98. The molecule has 3 nitrogen and oxygen atoms in total. The number of fused-ring (bicyclic) bond motifs is 1. The Morgan fingerprint density at radius 1 is 1.50 bits per heavy atom. The van der Waals surface area contributed by atoms with Gasteiger partial charge in [0.2, 0.25) is 0 Å². The summed E-state index contributed by atoms with van der Waals surface area (Å²) in [5.41, 5.74) is 7.47. The van der Waals surface area contributed by atoms with Crippen molar-refractivity contribution in [3.05, 3.63) is 35.8 Å². The van der Waals surface area contributed by atoms with E-state index in [1.165, 1.54) is 6.07 Å². The van der Waals surface area contributed by atoms with Gasteiger partial charge in [0.15, 0.2) is 0 Å². The zero-order valence-electron chi connectivity index (χ0n) is 10.4. The van der Waals surface area contributed by atoms with E-state index in [-0.39, 0.29) is 11.9 Å². The topological polar surface area (TPSA) is 42.4 Å². The van der Waals surface area contributed by atoms with Gasteiger partial charge >= 0.3 is 0 Å². The van der Waals surface area contributed by atoms with Crippen molar-refractivity contribution in [3.8, 4) is 0 Å². The van der Waals surface area contributed by atoms with E-state index in [1.807, 2.05) is 0 Å². The van der Waals surface area contributed by atoms with Crippen molar-refractivity contribution < 1.29 is 8.81 Å². The Morgan fingerprint density at radius 3 is 3.06 bits per heavy atom. The normalized spacial score (nSPS) is 25.1. The van der Waals surface area contributed by atoms with Gasteiger partial charge in [0.05, 0.1) is 6.26 Å². The van der Waals surface area contributed by atoms with Gasteiger partial charge in [-0.3, -0.25) is 4.90 Å². The Hall–Kier alpha value is -1.39. The van der Waals surface area contributed by atoms with Crippen molar-refractivity contribution in [1.29, 1.82) is 0 Å². The van der Waals surface area contributed by atoms with Gasteiger partial charge in [-0.25, -0.2) is 4.39 Å². The quantitative estimate of drug-likeness (QED) is 0.888. The molecule has 0 radical (unpaired) electrons. The number of likely N-dealkylation sites (tertiary alicyclic amines) is 1. The van der Waals surface area contributed by atoms with Crippen LogP contribution in [0.25, 0.3) is 11.0 Å². The highest BCUT2D eigenvalue weighted by atomic mass is 19.1. The molecule has 1 saturated heterocycles. The molecule has 1 aromatic heterocycles. The minimum Gasteiger partial charge on any atom is -0.464 e. The molecule has 96 valence electrons. The van der Waals surface area contributed by atoms with E-state index >= 15 is 0 Å². The molecule has 0 spiro atoms. The lowest BCUT2D eigenvalue weighted by Crippen LogP contribution is -2.20. The molecule has 1 fully saturated rings. The van der Waals surface area contributed by atoms with Gasteiger partial charge in [0, 0.05) is 23.5 Å². The first-order valence-electron chi connectivity index (χ1n) is 6.26. The second kappa shape index (κ2) is 4.37. The van der Waals surface area contributed by atoms with Crippen LogP contribution in [-0.4, -0.2) is 25.0 Å². The monoisotopic (exact) mass is 248 g/mol. The van der Waals surface area contributed by atoms with Crippen LogP contribution < -0.4 is 5.73 Å². The van der Waals surface area contributed by atoms with E-state index in [9.17, 15) is 4.39 Å². The molecule has 18 heavy (non-hydrogen) atoms. The highest BCUT2D eigenvalue weighted by molar-refractivity contribution is 5.81. The van der Waals surface area contributed by atoms with Gasteiger partial charge in [0.25, 0.3) is 0 Å². The first-order valence-corrected chi connectivity index (χ1v) is 6.26. The number of nitrogens with zero attached hydrogens (tertiary/aromatic N) is 1. The first kappa shape index (κ1) is 11.7. The van der Waals surface area contributed by atoms with Gasteiger partial charge in [-0.15, -0.1) is 0 Å². The number of halogens is 1. The van der Waals surface area contributed by atoms with E-state index in [4.69, 9.17) is 10.2 Å². The number of hydrogen-bond acceptors (Lipinski definition) is 3. The van der Waals surface area contributed by atoms with E-state index in [0.717, 1.165) is 29.5 Å². The molecule has 0 aliphatic carbocycles. The second-order valence-corrected chi connectivity index (χ2v) is 5.13. The zero-order chi connectivity index (χ0) is 12.7. The van der Waals surface area contributed by atoms with Crippen molar-refractivity contribution in [1.82, 2.24) is 4.90 Å². The summed E-state index contributed by atoms with van der Waals surface area (Å²) in [6, 6.07) is 5.10. The van der Waals surface area contributed by atoms with Crippen LogP contribution in [0.4, 0.5) is 4.39 Å². The fraction of sp³-hybridized carbons (Fsp3) is 0.429. The molecular formula is C14H17FN2O. The molecule has 1 aliphatic rings. The molecule has 0 amide bonds. The van der Waals surface area contributed by atoms with Gasteiger partial charge in [-0.2, -0.15) is 0 Å². The average molecular weight is 248 g/mol. The van der Waals surface area contributed by atoms with Crippen molar-refractivity contribution in [2.45, 2.75) is 12.5 Å². The predicted molar refractivity (Wildman–Crippen MR) is 68.7 cm³/mol. The summed E-state index contributed by atoms with van der Waals surface area (Å²) in [6.07, 6.45) is 2.58. The van der Waals surface area contributed by atoms with Crippen LogP contribution in [0.1, 0.15) is 18.0 Å². The summed E-state index contributed by atoms with van der Waals surface area (Å²) in [5, 5.41) is 0.828. The molecule has 1 aromatic carbocycles. The summed E-state index contributed by atoms with van der Waals surface area (Å²) in [6.45, 7) is 1.64. The Kier molecular flexibility index (Phi) is 2.84. The number of furan rings is 1. The average Bonchev–Trinajstić information content (AvgIpc) is 2.94. The third-order valence-electron chi connectivity index (χ3n) is 3.87. The lowest BCUT2D eigenvalue weighted by Gasteiger charge is -2.19. The Morgan fingerprint density at radius 2 is 2.33 bits per heavy atom. The third-order valence-corrected chi connectivity index (χ3v) is 3.87. The molecule has 1 aliphatic heterocycles. The summed E-state index contributed by atoms with van der Waals surface area (Å²) < 4.78 is 19.2. The number of benzene rings is 1. The number of hydrogen-bond donors (Lipinski definition) is 1. The van der Waals surface area contributed by atoms with Crippen LogP contribution in [0, 0.1) is 11.7 Å². The van der Waals surface area contributed by atoms with Crippen LogP contribution in [0.15, 0.2) is 28.9 Å². The highest BCUT2D eigenvalue weighted by Gasteiger charge is 2.31. The van der Waals surface area contributed by atoms with Gasteiger partial charge < -0.3 is 10.2 Å². The van der Waals surface area contributed by atoms with E-state index in [1.54, 1.807) is 18.4 Å². The molecule has 2 N–H and O–H groups in total. The van der Waals surface area contributed by atoms with Crippen molar-refractivity contribution in [3.63, 3.8) is 0 Å². The first-order chi connectivity index (χ1) is 8.69. The number of rotatable bonds is 2. The molecule has 2 unspecified atom stereocenters. The van der Waals surface area contributed by atoms with Crippen molar-refractivity contribution in [2.75, 3.05) is 20.1 Å². The summed E-state index contributed by atoms with van der Waals surface area (Å²) in [5.74, 6) is 0.275. The van der Waals surface area contributed by atoms with Crippen molar-refractivity contribution >= 4 is 11.0 Å². The Bertz CT molecular complexity index is 566. The molecule has 0 bridgehead atoms. The summed E-state index contributed by atoms with van der Waals surface area (Å²) >= 11 is 0. The maximum Gasteiger partial charge on any atom is 0.138 e. The molecule has 0 saturated carbocycles. The van der Waals surface area contributed by atoms with Crippen LogP contribution in [0.5, 0.6) is 0 Å². The van der Waals surface area contributed by atoms with E-state index in [2.05, 4.69) is 11.9 Å². The van der Waals surface area contributed by atoms with Crippen LogP contribution in [0.3, 0.4) is 0 Å². The van der Waals surface area contributed by atoms with Crippen LogP contribution in [-0.2, 0) is 0 Å². The summed E-state index contributed by atoms with van der Waals surface area (Å²) in [7, 11) is 2.06. The fourth-order valence-electron chi connectivity index (χ4n) is 2.96. The molecule has 2 heterocycles. The molecule has 3 rings (SSSR count). The van der Waals surface area contributed by atoms with Crippen LogP contribution in [0.2, 0.25) is 0 Å². The smallest absolute Gasteiger partial charge is 0.138 e.